The summed E-state index contributed by atoms with van der Waals surface area (Å²) in [7, 11) is 1.24. The van der Waals surface area contributed by atoms with Gasteiger partial charge < -0.3 is 9.64 Å². The molecule has 0 N–H and O–H groups in total. The Kier molecular flexibility index (Phi) is 4.96. The molecular weight excluding hydrogens is 294 g/mol. The van der Waals surface area contributed by atoms with Crippen LogP contribution in [0.5, 0.6) is 0 Å². The monoisotopic (exact) mass is 309 g/mol. The smallest absolute Gasteiger partial charge is 0.318 e. The number of benzene rings is 1. The molecule has 0 saturated carbocycles. The Hall–Kier alpha value is -1.88. The van der Waals surface area contributed by atoms with Gasteiger partial charge in [-0.05, 0) is 17.7 Å². The van der Waals surface area contributed by atoms with Crippen molar-refractivity contribution < 1.29 is 19.1 Å². The molecule has 0 spiro atoms. The fraction of sp³-hybridized carbons (Fsp3) is 0.400. The lowest BCUT2D eigenvalue weighted by Crippen LogP contribution is -2.47. The van der Waals surface area contributed by atoms with Crippen LogP contribution in [0.4, 0.5) is 0 Å². The minimum absolute atomic E-state index is 0.0952. The fourth-order valence-electron chi connectivity index (χ4n) is 2.30. The Morgan fingerprint density at radius 2 is 2.00 bits per heavy atom. The second kappa shape index (κ2) is 6.72. The van der Waals surface area contributed by atoms with E-state index in [1.165, 1.54) is 12.0 Å². The fourth-order valence-corrected chi connectivity index (χ4v) is 2.42. The van der Waals surface area contributed by atoms with Crippen LogP contribution in [-0.2, 0) is 25.5 Å². The van der Waals surface area contributed by atoms with E-state index in [1.807, 2.05) is 0 Å². The van der Waals surface area contributed by atoms with Crippen molar-refractivity contribution in [1.29, 1.82) is 0 Å². The van der Waals surface area contributed by atoms with Crippen molar-refractivity contribution in [3.05, 3.63) is 34.9 Å². The maximum atomic E-state index is 12.2. The highest BCUT2D eigenvalue weighted by molar-refractivity contribution is 6.30. The van der Waals surface area contributed by atoms with Gasteiger partial charge in [-0.2, -0.15) is 0 Å². The number of hydrogen-bond acceptors (Lipinski definition) is 4. The summed E-state index contributed by atoms with van der Waals surface area (Å²) < 4.78 is 4.61. The van der Waals surface area contributed by atoms with Gasteiger partial charge in [0.1, 0.15) is 5.92 Å². The summed E-state index contributed by atoms with van der Waals surface area (Å²) in [5, 5.41) is 0.612. The van der Waals surface area contributed by atoms with Gasteiger partial charge in [-0.3, -0.25) is 14.4 Å². The number of carbonyl (C=O) groups excluding carboxylic acids is 3. The normalized spacial score (nSPS) is 18.5. The third-order valence-corrected chi connectivity index (χ3v) is 3.78. The van der Waals surface area contributed by atoms with E-state index in [4.69, 9.17) is 11.6 Å². The number of nitrogens with zero attached hydrogens (tertiary/aromatic N) is 1. The predicted octanol–water partition coefficient (Wildman–Crippen LogP) is 1.47. The first-order valence-electron chi connectivity index (χ1n) is 6.64. The van der Waals surface area contributed by atoms with E-state index in [2.05, 4.69) is 4.74 Å². The second-order valence-corrected chi connectivity index (χ2v) is 5.37. The Morgan fingerprint density at radius 1 is 1.33 bits per heavy atom. The van der Waals surface area contributed by atoms with Gasteiger partial charge >= 0.3 is 5.97 Å². The summed E-state index contributed by atoms with van der Waals surface area (Å²) >= 11 is 5.80. The largest absolute Gasteiger partial charge is 0.468 e. The maximum Gasteiger partial charge on any atom is 0.318 e. The number of ether oxygens (including phenoxy) is 1. The van der Waals surface area contributed by atoms with Crippen LogP contribution in [0.1, 0.15) is 12.0 Å². The molecule has 1 amide bonds. The van der Waals surface area contributed by atoms with Crippen molar-refractivity contribution in [3.63, 3.8) is 0 Å². The van der Waals surface area contributed by atoms with Gasteiger partial charge in [0.2, 0.25) is 5.91 Å². The number of methoxy groups -OCH3 is 1. The van der Waals surface area contributed by atoms with Gasteiger partial charge in [0, 0.05) is 24.5 Å². The minimum Gasteiger partial charge on any atom is -0.468 e. The summed E-state index contributed by atoms with van der Waals surface area (Å²) in [6.07, 6.45) is 0.408. The molecule has 1 fully saturated rings. The van der Waals surface area contributed by atoms with E-state index in [1.54, 1.807) is 24.3 Å². The molecule has 1 saturated heterocycles. The number of rotatable bonds is 3. The summed E-state index contributed by atoms with van der Waals surface area (Å²) in [4.78, 5) is 37.0. The van der Waals surface area contributed by atoms with Crippen LogP contribution >= 0.6 is 11.6 Å². The van der Waals surface area contributed by atoms with E-state index in [9.17, 15) is 14.4 Å². The van der Waals surface area contributed by atoms with E-state index in [0.29, 0.717) is 11.6 Å². The molecule has 2 rings (SSSR count). The Morgan fingerprint density at radius 3 is 2.62 bits per heavy atom. The topological polar surface area (TPSA) is 63.7 Å². The van der Waals surface area contributed by atoms with Gasteiger partial charge in [0.15, 0.2) is 5.78 Å². The molecule has 21 heavy (non-hydrogen) atoms. The molecule has 1 unspecified atom stereocenters. The van der Waals surface area contributed by atoms with Gasteiger partial charge in [-0.15, -0.1) is 0 Å². The van der Waals surface area contributed by atoms with Crippen LogP contribution in [0.3, 0.4) is 0 Å². The van der Waals surface area contributed by atoms with E-state index in [0.717, 1.165) is 5.56 Å². The van der Waals surface area contributed by atoms with Crippen molar-refractivity contribution in [2.75, 3.05) is 20.2 Å². The molecule has 0 aromatic heterocycles. The quantitative estimate of drug-likeness (QED) is 0.626. The minimum atomic E-state index is -0.863. The van der Waals surface area contributed by atoms with E-state index < -0.39 is 11.9 Å². The maximum absolute atomic E-state index is 12.2. The first-order chi connectivity index (χ1) is 10.0. The van der Waals surface area contributed by atoms with Crippen LogP contribution in [0.25, 0.3) is 0 Å². The summed E-state index contributed by atoms with van der Waals surface area (Å²) in [5.74, 6) is -1.72. The van der Waals surface area contributed by atoms with Gasteiger partial charge in [0.25, 0.3) is 0 Å². The molecule has 112 valence electrons. The Balaban J connectivity index is 2.00. The number of likely N-dealkylation sites (tertiary alicyclic amines) is 1. The molecule has 0 radical (unpaired) electrons. The molecule has 5 nitrogen and oxygen atoms in total. The average Bonchev–Trinajstić information content (AvgIpc) is 2.49. The first kappa shape index (κ1) is 15.5. The number of hydrogen-bond donors (Lipinski definition) is 0. The Bertz CT molecular complexity index is 547. The van der Waals surface area contributed by atoms with Crippen molar-refractivity contribution in [2.24, 2.45) is 5.92 Å². The van der Waals surface area contributed by atoms with Crippen molar-refractivity contribution in [1.82, 2.24) is 4.90 Å². The molecule has 6 heteroatoms. The summed E-state index contributed by atoms with van der Waals surface area (Å²) in [6, 6.07) is 7.02. The standard InChI is InChI=1S/C15H16ClNO4/c1-21-15(20)12-9-17(7-6-13(12)18)14(19)8-10-2-4-11(16)5-3-10/h2-5,12H,6-9H2,1H3. The third-order valence-electron chi connectivity index (χ3n) is 3.53. The molecule has 1 aliphatic rings. The average molecular weight is 310 g/mol. The summed E-state index contributed by atoms with van der Waals surface area (Å²) in [6.45, 7) is 0.441. The zero-order valence-electron chi connectivity index (χ0n) is 11.7. The highest BCUT2D eigenvalue weighted by Crippen LogP contribution is 2.17. The second-order valence-electron chi connectivity index (χ2n) is 4.94. The molecule has 0 aliphatic carbocycles. The molecule has 1 atom stereocenters. The number of halogens is 1. The van der Waals surface area contributed by atoms with Crippen LogP contribution < -0.4 is 0 Å². The predicted molar refractivity (Wildman–Crippen MR) is 76.9 cm³/mol. The summed E-state index contributed by atoms with van der Waals surface area (Å²) in [5.41, 5.74) is 0.843. The first-order valence-corrected chi connectivity index (χ1v) is 7.02. The molecule has 1 aromatic carbocycles. The van der Waals surface area contributed by atoms with E-state index >= 15 is 0 Å². The lowest BCUT2D eigenvalue weighted by atomic mass is 9.96. The zero-order chi connectivity index (χ0) is 15.4. The van der Waals surface area contributed by atoms with Gasteiger partial charge in [-0.25, -0.2) is 0 Å². The number of Topliss-reactive ketones (excluding diaryl/α,β-unsaturated/α-hetero) is 1. The highest BCUT2D eigenvalue weighted by atomic mass is 35.5. The molecule has 0 bridgehead atoms. The van der Waals surface area contributed by atoms with Crippen molar-refractivity contribution in [3.8, 4) is 0 Å². The molecule has 1 aromatic rings. The third kappa shape index (κ3) is 3.82. The number of ketones is 1. The van der Waals surface area contributed by atoms with E-state index in [-0.39, 0.29) is 31.1 Å². The van der Waals surface area contributed by atoms with Crippen LogP contribution in [0.2, 0.25) is 5.02 Å². The van der Waals surface area contributed by atoms with Crippen molar-refractivity contribution >= 4 is 29.3 Å². The van der Waals surface area contributed by atoms with Crippen LogP contribution in [0, 0.1) is 5.92 Å². The lowest BCUT2D eigenvalue weighted by Gasteiger charge is -2.30. The Labute approximate surface area is 127 Å². The number of piperidine rings is 1. The van der Waals surface area contributed by atoms with Crippen LogP contribution in [0.15, 0.2) is 24.3 Å². The number of amides is 1. The molecule has 1 aliphatic heterocycles. The van der Waals surface area contributed by atoms with Crippen molar-refractivity contribution in [2.45, 2.75) is 12.8 Å². The van der Waals surface area contributed by atoms with Gasteiger partial charge in [-0.1, -0.05) is 23.7 Å². The van der Waals surface area contributed by atoms with Crippen LogP contribution in [-0.4, -0.2) is 42.8 Å². The SMILES string of the molecule is COC(=O)C1CN(C(=O)Cc2ccc(Cl)cc2)CCC1=O. The highest BCUT2D eigenvalue weighted by Gasteiger charge is 2.35. The van der Waals surface area contributed by atoms with Gasteiger partial charge in [0.05, 0.1) is 13.5 Å². The molecular formula is C15H16ClNO4. The number of esters is 1. The molecule has 1 heterocycles. The number of carbonyl (C=O) groups is 3. The zero-order valence-corrected chi connectivity index (χ0v) is 12.4. The lowest BCUT2D eigenvalue weighted by molar-refractivity contribution is -0.153.